The minimum absolute atomic E-state index is 0.0544. The maximum atomic E-state index is 11.9. The van der Waals surface area contributed by atoms with Crippen LogP contribution in [0.3, 0.4) is 0 Å². The van der Waals surface area contributed by atoms with Crippen molar-refractivity contribution in [3.05, 3.63) is 23.2 Å². The van der Waals surface area contributed by atoms with Crippen molar-refractivity contribution in [2.75, 3.05) is 19.4 Å². The van der Waals surface area contributed by atoms with Gasteiger partial charge in [-0.15, -0.1) is 5.10 Å². The first kappa shape index (κ1) is 16.5. The second kappa shape index (κ2) is 6.90. The Morgan fingerprint density at radius 2 is 2.09 bits per heavy atom. The summed E-state index contributed by atoms with van der Waals surface area (Å²) < 4.78 is 5.03. The quantitative estimate of drug-likeness (QED) is 0.817. The number of rotatable bonds is 5. The molecule has 0 atom stereocenters. The van der Waals surface area contributed by atoms with Gasteiger partial charge in [-0.25, -0.2) is 4.79 Å². The van der Waals surface area contributed by atoms with E-state index >= 15 is 0 Å². The van der Waals surface area contributed by atoms with Gasteiger partial charge in [-0.2, -0.15) is 9.90 Å². The molecule has 23 heavy (non-hydrogen) atoms. The van der Waals surface area contributed by atoms with Crippen LogP contribution in [0.25, 0.3) is 0 Å². The summed E-state index contributed by atoms with van der Waals surface area (Å²) in [4.78, 5) is 26.0. The molecule has 3 amide bonds. The maximum Gasteiger partial charge on any atom is 0.322 e. The fourth-order valence-corrected chi connectivity index (χ4v) is 1.78. The topological polar surface area (TPSA) is 118 Å². The van der Waals surface area contributed by atoms with E-state index in [-0.39, 0.29) is 24.3 Å². The van der Waals surface area contributed by atoms with E-state index in [1.165, 1.54) is 15.9 Å². The van der Waals surface area contributed by atoms with Gasteiger partial charge in [-0.3, -0.25) is 10.1 Å². The molecule has 0 aromatic carbocycles. The van der Waals surface area contributed by atoms with Crippen LogP contribution in [0.2, 0.25) is 0 Å². The highest BCUT2D eigenvalue weighted by Crippen LogP contribution is 2.11. The average Bonchev–Trinajstić information content (AvgIpc) is 3.04. The number of amides is 3. The summed E-state index contributed by atoms with van der Waals surface area (Å²) >= 11 is 0. The van der Waals surface area contributed by atoms with E-state index in [9.17, 15) is 9.59 Å². The second-order valence-electron chi connectivity index (χ2n) is 5.16. The highest BCUT2D eigenvalue weighted by molar-refractivity contribution is 5.87. The summed E-state index contributed by atoms with van der Waals surface area (Å²) in [7, 11) is 3.23. The maximum absolute atomic E-state index is 11.9. The van der Waals surface area contributed by atoms with Crippen molar-refractivity contribution in [3.63, 3.8) is 0 Å². The van der Waals surface area contributed by atoms with Crippen molar-refractivity contribution in [1.82, 2.24) is 30.4 Å². The smallest absolute Gasteiger partial charge is 0.322 e. The fraction of sp³-hybridized carbons (Fsp3) is 0.462. The number of hydrogen-bond acceptors (Lipinski definition) is 6. The first-order valence-corrected chi connectivity index (χ1v) is 6.93. The number of aryl methyl sites for hydroxylation is 2. The first-order valence-electron chi connectivity index (χ1n) is 6.93. The first-order chi connectivity index (χ1) is 10.9. The molecule has 2 rings (SSSR count). The Bertz CT molecular complexity index is 685. The monoisotopic (exact) mass is 321 g/mol. The molecular weight excluding hydrogens is 302 g/mol. The summed E-state index contributed by atoms with van der Waals surface area (Å²) in [5.74, 6) is 0.696. The molecule has 0 bridgehead atoms. The molecule has 0 saturated heterocycles. The van der Waals surface area contributed by atoms with Crippen LogP contribution in [-0.4, -0.2) is 51.1 Å². The van der Waals surface area contributed by atoms with Gasteiger partial charge in [-0.1, -0.05) is 5.16 Å². The van der Waals surface area contributed by atoms with Gasteiger partial charge in [0.15, 0.2) is 5.82 Å². The summed E-state index contributed by atoms with van der Waals surface area (Å²) in [6, 6.07) is -0.320. The third kappa shape index (κ3) is 4.28. The van der Waals surface area contributed by atoms with E-state index < -0.39 is 0 Å². The molecule has 2 aromatic rings. The molecule has 10 nitrogen and oxygen atoms in total. The van der Waals surface area contributed by atoms with Gasteiger partial charge < -0.3 is 14.7 Å². The fourth-order valence-electron chi connectivity index (χ4n) is 1.78. The summed E-state index contributed by atoms with van der Waals surface area (Å²) in [5.41, 5.74) is 1.60. The Balaban J connectivity index is 1.86. The summed E-state index contributed by atoms with van der Waals surface area (Å²) in [5, 5.41) is 17.1. The van der Waals surface area contributed by atoms with Crippen LogP contribution >= 0.6 is 0 Å². The molecule has 0 radical (unpaired) electrons. The van der Waals surface area contributed by atoms with Gasteiger partial charge in [-0.05, 0) is 13.8 Å². The van der Waals surface area contributed by atoms with Crippen molar-refractivity contribution in [2.24, 2.45) is 0 Å². The molecule has 0 aliphatic carbocycles. The van der Waals surface area contributed by atoms with Crippen molar-refractivity contribution in [3.8, 4) is 0 Å². The largest absolute Gasteiger partial charge is 0.361 e. The molecule has 2 N–H and O–H groups in total. The van der Waals surface area contributed by atoms with E-state index in [4.69, 9.17) is 4.52 Å². The molecule has 10 heteroatoms. The van der Waals surface area contributed by atoms with Gasteiger partial charge in [0.05, 0.1) is 11.9 Å². The predicted molar refractivity (Wildman–Crippen MR) is 80.6 cm³/mol. The Morgan fingerprint density at radius 3 is 2.70 bits per heavy atom. The number of carbonyl (C=O) groups excluding carboxylic acids is 2. The van der Waals surface area contributed by atoms with Crippen LogP contribution in [0.4, 0.5) is 10.6 Å². The van der Waals surface area contributed by atoms with Crippen molar-refractivity contribution < 1.29 is 14.1 Å². The van der Waals surface area contributed by atoms with Gasteiger partial charge in [0.2, 0.25) is 5.91 Å². The molecular formula is C13H19N7O3. The lowest BCUT2D eigenvalue weighted by atomic mass is 10.2. The number of nitrogens with one attached hydrogen (secondary N) is 2. The van der Waals surface area contributed by atoms with Gasteiger partial charge in [0, 0.05) is 26.2 Å². The van der Waals surface area contributed by atoms with Crippen molar-refractivity contribution in [1.29, 1.82) is 0 Å². The number of hydrogen-bond donors (Lipinski definition) is 2. The zero-order valence-corrected chi connectivity index (χ0v) is 13.5. The number of carbonyl (C=O) groups is 2. The van der Waals surface area contributed by atoms with Crippen LogP contribution in [0.1, 0.15) is 17.0 Å². The Kier molecular flexibility index (Phi) is 4.94. The van der Waals surface area contributed by atoms with E-state index in [2.05, 4.69) is 26.0 Å². The van der Waals surface area contributed by atoms with E-state index in [1.807, 2.05) is 6.92 Å². The van der Waals surface area contributed by atoms with Crippen molar-refractivity contribution in [2.45, 2.75) is 26.9 Å². The highest BCUT2D eigenvalue weighted by Gasteiger charge is 2.12. The van der Waals surface area contributed by atoms with Crippen LogP contribution in [0, 0.1) is 13.8 Å². The van der Waals surface area contributed by atoms with Crippen LogP contribution in [0.15, 0.2) is 10.7 Å². The summed E-state index contributed by atoms with van der Waals surface area (Å²) in [6.45, 7) is 3.87. The Labute approximate surface area is 132 Å². The molecule has 0 unspecified atom stereocenters. The highest BCUT2D eigenvalue weighted by atomic mass is 16.5. The Hall–Kier alpha value is -2.91. The lowest BCUT2D eigenvalue weighted by Crippen LogP contribution is -2.29. The van der Waals surface area contributed by atoms with E-state index in [1.54, 1.807) is 21.0 Å². The van der Waals surface area contributed by atoms with Crippen LogP contribution in [-0.2, 0) is 17.9 Å². The predicted octanol–water partition coefficient (Wildman–Crippen LogP) is 0.293. The lowest BCUT2D eigenvalue weighted by Gasteiger charge is -2.09. The zero-order chi connectivity index (χ0) is 17.0. The molecule has 124 valence electrons. The van der Waals surface area contributed by atoms with Crippen LogP contribution in [0.5, 0.6) is 0 Å². The third-order valence-electron chi connectivity index (χ3n) is 3.11. The minimum Gasteiger partial charge on any atom is -0.361 e. The van der Waals surface area contributed by atoms with E-state index in [0.717, 1.165) is 11.3 Å². The average molecular weight is 321 g/mol. The zero-order valence-electron chi connectivity index (χ0n) is 13.5. The molecule has 0 spiro atoms. The standard InChI is InChI=1S/C13H19N7O3/c1-8-10(9(2)23-18-8)5-14-12(21)7-20-15-6-11(17-20)16-13(22)19(3)4/h6H,5,7H2,1-4H3,(H,14,21)(H,16,17,22). The summed E-state index contributed by atoms with van der Waals surface area (Å²) in [6.07, 6.45) is 1.38. The third-order valence-corrected chi connectivity index (χ3v) is 3.11. The van der Waals surface area contributed by atoms with Gasteiger partial charge >= 0.3 is 6.03 Å². The second-order valence-corrected chi connectivity index (χ2v) is 5.16. The molecule has 2 heterocycles. The van der Waals surface area contributed by atoms with Gasteiger partial charge in [0.1, 0.15) is 12.3 Å². The molecule has 2 aromatic heterocycles. The van der Waals surface area contributed by atoms with E-state index in [0.29, 0.717) is 12.3 Å². The lowest BCUT2D eigenvalue weighted by molar-refractivity contribution is -0.122. The SMILES string of the molecule is Cc1noc(C)c1CNC(=O)Cn1ncc(NC(=O)N(C)C)n1. The van der Waals surface area contributed by atoms with Crippen molar-refractivity contribution >= 4 is 17.8 Å². The van der Waals surface area contributed by atoms with Crippen LogP contribution < -0.4 is 10.6 Å². The Morgan fingerprint density at radius 1 is 1.35 bits per heavy atom. The number of anilines is 1. The number of nitrogens with zero attached hydrogens (tertiary/aromatic N) is 5. The molecule has 0 aliphatic rings. The molecule has 0 aliphatic heterocycles. The minimum atomic E-state index is -0.320. The number of aromatic nitrogens is 4. The van der Waals surface area contributed by atoms with Gasteiger partial charge in [0.25, 0.3) is 0 Å². The normalized spacial score (nSPS) is 10.4. The number of urea groups is 1. The molecule has 0 saturated carbocycles. The molecule has 0 fully saturated rings.